The van der Waals surface area contributed by atoms with Crippen molar-refractivity contribution < 1.29 is 13.5 Å². The Morgan fingerprint density at radius 1 is 0.617 bits per heavy atom. The van der Waals surface area contributed by atoms with Gasteiger partial charge >= 0.3 is 0 Å². The van der Waals surface area contributed by atoms with Gasteiger partial charge in [-0.3, -0.25) is 4.90 Å². The molecule has 47 heavy (non-hydrogen) atoms. The number of anilines is 3. The molecule has 5 aromatic carbocycles. The lowest BCUT2D eigenvalue weighted by molar-refractivity contribution is 0.250. The first-order valence-corrected chi connectivity index (χ1v) is 16.5. The maximum absolute atomic E-state index is 14.3. The summed E-state index contributed by atoms with van der Waals surface area (Å²) < 4.78 is 33.3. The van der Waals surface area contributed by atoms with Gasteiger partial charge in [-0.05, 0) is 83.3 Å². The van der Waals surface area contributed by atoms with Crippen molar-refractivity contribution in [3.63, 3.8) is 0 Å². The number of benzene rings is 5. The summed E-state index contributed by atoms with van der Waals surface area (Å²) in [6.07, 6.45) is 0.795. The van der Waals surface area contributed by atoms with E-state index in [0.29, 0.717) is 25.6 Å². The van der Waals surface area contributed by atoms with Crippen LogP contribution in [0.25, 0.3) is 11.1 Å². The van der Waals surface area contributed by atoms with Crippen LogP contribution in [0.1, 0.15) is 17.5 Å². The summed E-state index contributed by atoms with van der Waals surface area (Å²) in [5.41, 5.74) is 8.35. The van der Waals surface area contributed by atoms with Crippen LogP contribution in [0.5, 0.6) is 5.75 Å². The highest BCUT2D eigenvalue weighted by atomic mass is 19.1. The van der Waals surface area contributed by atoms with Crippen LogP contribution in [0, 0.1) is 11.6 Å². The molecular weight excluding hydrogens is 590 g/mol. The Labute approximate surface area is 276 Å². The molecule has 7 rings (SSSR count). The van der Waals surface area contributed by atoms with Crippen molar-refractivity contribution >= 4 is 17.1 Å². The van der Waals surface area contributed by atoms with E-state index in [4.69, 9.17) is 4.74 Å². The lowest BCUT2D eigenvalue weighted by atomic mass is 9.99. The van der Waals surface area contributed by atoms with E-state index in [-0.39, 0.29) is 11.6 Å². The molecule has 0 saturated carbocycles. The average Bonchev–Trinajstić information content (AvgIpc) is 3.44. The fraction of sp³-hybridized carbons (Fsp3) is 0.250. The lowest BCUT2D eigenvalue weighted by Gasteiger charge is -2.36. The Hall–Kier alpha value is -4.88. The van der Waals surface area contributed by atoms with E-state index in [9.17, 15) is 8.78 Å². The Kier molecular flexibility index (Phi) is 9.33. The lowest BCUT2D eigenvalue weighted by Crippen LogP contribution is -2.46. The quantitative estimate of drug-likeness (QED) is 0.137. The van der Waals surface area contributed by atoms with E-state index >= 15 is 0 Å². The Morgan fingerprint density at radius 3 is 2.13 bits per heavy atom. The van der Waals surface area contributed by atoms with Crippen molar-refractivity contribution in [2.24, 2.45) is 0 Å². The number of halogens is 2. The summed E-state index contributed by atoms with van der Waals surface area (Å²) in [6.45, 7) is 7.66. The Morgan fingerprint density at radius 2 is 1.34 bits per heavy atom. The molecule has 0 N–H and O–H groups in total. The van der Waals surface area contributed by atoms with Crippen molar-refractivity contribution in [2.45, 2.75) is 19.5 Å². The summed E-state index contributed by atoms with van der Waals surface area (Å²) in [5, 5.41) is 0. The number of fused-ring (bicyclic) bond motifs is 1. The summed E-state index contributed by atoms with van der Waals surface area (Å²) in [5.74, 6) is 0.156. The summed E-state index contributed by atoms with van der Waals surface area (Å²) in [6, 6.07) is 39.4. The minimum Gasteiger partial charge on any atom is -0.494 e. The van der Waals surface area contributed by atoms with Crippen molar-refractivity contribution in [3.05, 3.63) is 144 Å². The molecule has 0 unspecified atom stereocenters. The fourth-order valence-electron chi connectivity index (χ4n) is 6.67. The SMILES string of the molecule is Fc1ccc(OCCCN2CN(Cc3ccc(N4CCN(Cc5ccccc5-c5ccccc5)CC4)cc3)c3cc(F)ccc32)cc1. The van der Waals surface area contributed by atoms with Gasteiger partial charge in [0.1, 0.15) is 17.4 Å². The molecule has 2 aliphatic heterocycles. The third-order valence-corrected chi connectivity index (χ3v) is 9.16. The molecule has 7 heteroatoms. The molecule has 5 aromatic rings. The molecule has 0 spiro atoms. The molecule has 0 aliphatic carbocycles. The van der Waals surface area contributed by atoms with Crippen LogP contribution >= 0.6 is 0 Å². The molecule has 0 bridgehead atoms. The first kappa shape index (κ1) is 30.8. The van der Waals surface area contributed by atoms with Gasteiger partial charge in [-0.25, -0.2) is 8.78 Å². The van der Waals surface area contributed by atoms with Gasteiger partial charge in [-0.2, -0.15) is 0 Å². The van der Waals surface area contributed by atoms with Gasteiger partial charge in [-0.1, -0.05) is 66.7 Å². The van der Waals surface area contributed by atoms with E-state index < -0.39 is 0 Å². The molecule has 1 saturated heterocycles. The highest BCUT2D eigenvalue weighted by Crippen LogP contribution is 2.37. The highest BCUT2D eigenvalue weighted by Gasteiger charge is 2.26. The number of piperazine rings is 1. The van der Waals surface area contributed by atoms with E-state index in [1.807, 2.05) is 6.07 Å². The van der Waals surface area contributed by atoms with Gasteiger partial charge in [0.15, 0.2) is 0 Å². The molecule has 2 aliphatic rings. The summed E-state index contributed by atoms with van der Waals surface area (Å²) >= 11 is 0. The fourth-order valence-corrected chi connectivity index (χ4v) is 6.67. The van der Waals surface area contributed by atoms with Crippen LogP contribution in [0.3, 0.4) is 0 Å². The Balaban J connectivity index is 0.926. The molecule has 0 aromatic heterocycles. The Bertz CT molecular complexity index is 1760. The summed E-state index contributed by atoms with van der Waals surface area (Å²) in [7, 11) is 0. The molecule has 5 nitrogen and oxygen atoms in total. The zero-order valence-electron chi connectivity index (χ0n) is 26.6. The molecule has 0 radical (unpaired) electrons. The largest absolute Gasteiger partial charge is 0.494 e. The topological polar surface area (TPSA) is 22.2 Å². The minimum atomic E-state index is -0.275. The van der Waals surface area contributed by atoms with Gasteiger partial charge < -0.3 is 19.4 Å². The molecular formula is C40H40F2N4O. The number of rotatable bonds is 11. The number of ether oxygens (including phenoxy) is 1. The number of nitrogens with zero attached hydrogens (tertiary/aromatic N) is 4. The van der Waals surface area contributed by atoms with Gasteiger partial charge in [-0.15, -0.1) is 0 Å². The van der Waals surface area contributed by atoms with Crippen LogP contribution in [-0.4, -0.2) is 50.9 Å². The van der Waals surface area contributed by atoms with Gasteiger partial charge in [0.05, 0.1) is 24.7 Å². The van der Waals surface area contributed by atoms with E-state index in [2.05, 4.69) is 98.5 Å². The first-order chi connectivity index (χ1) is 23.1. The van der Waals surface area contributed by atoms with E-state index in [1.54, 1.807) is 18.2 Å². The van der Waals surface area contributed by atoms with Crippen LogP contribution in [0.4, 0.5) is 25.8 Å². The predicted octanol–water partition coefficient (Wildman–Crippen LogP) is 8.21. The monoisotopic (exact) mass is 630 g/mol. The molecule has 0 atom stereocenters. The van der Waals surface area contributed by atoms with Crippen LogP contribution in [-0.2, 0) is 13.1 Å². The second kappa shape index (κ2) is 14.3. The minimum absolute atomic E-state index is 0.228. The number of hydrogen-bond acceptors (Lipinski definition) is 5. The van der Waals surface area contributed by atoms with E-state index in [1.165, 1.54) is 46.1 Å². The second-order valence-electron chi connectivity index (χ2n) is 12.3. The predicted molar refractivity (Wildman–Crippen MR) is 187 cm³/mol. The maximum Gasteiger partial charge on any atom is 0.125 e. The molecule has 2 heterocycles. The first-order valence-electron chi connectivity index (χ1n) is 16.5. The maximum atomic E-state index is 14.3. The number of hydrogen-bond donors (Lipinski definition) is 0. The van der Waals surface area contributed by atoms with Crippen molar-refractivity contribution in [3.8, 4) is 16.9 Å². The van der Waals surface area contributed by atoms with Gasteiger partial charge in [0.2, 0.25) is 0 Å². The zero-order valence-corrected chi connectivity index (χ0v) is 26.6. The smallest absolute Gasteiger partial charge is 0.125 e. The summed E-state index contributed by atoms with van der Waals surface area (Å²) in [4.78, 5) is 9.53. The van der Waals surface area contributed by atoms with Crippen LogP contribution in [0.15, 0.2) is 121 Å². The van der Waals surface area contributed by atoms with Crippen LogP contribution in [0.2, 0.25) is 0 Å². The molecule has 240 valence electrons. The third-order valence-electron chi connectivity index (χ3n) is 9.16. The van der Waals surface area contributed by atoms with Crippen molar-refractivity contribution in [1.29, 1.82) is 0 Å². The van der Waals surface area contributed by atoms with E-state index in [0.717, 1.165) is 57.1 Å². The van der Waals surface area contributed by atoms with Gasteiger partial charge in [0, 0.05) is 51.5 Å². The third kappa shape index (κ3) is 7.42. The normalized spacial score (nSPS) is 14.8. The molecule has 1 fully saturated rings. The average molecular weight is 631 g/mol. The highest BCUT2D eigenvalue weighted by molar-refractivity contribution is 5.76. The zero-order chi connectivity index (χ0) is 32.0. The van der Waals surface area contributed by atoms with Gasteiger partial charge in [0.25, 0.3) is 0 Å². The standard InChI is InChI=1S/C40H40F2N4O/c41-34-13-18-37(19-14-34)47-26-6-21-45-30-46(40-27-35(42)15-20-39(40)45)28-31-11-16-36(17-12-31)44-24-22-43(23-25-44)29-33-9-4-5-10-38(33)32-7-2-1-3-8-32/h1-5,7-20,27H,6,21-26,28-30H2. The van der Waals surface area contributed by atoms with Crippen molar-refractivity contribution in [2.75, 3.05) is 60.7 Å². The molecule has 0 amide bonds. The van der Waals surface area contributed by atoms with Crippen molar-refractivity contribution in [1.82, 2.24) is 4.90 Å². The second-order valence-corrected chi connectivity index (χ2v) is 12.3. The van der Waals surface area contributed by atoms with Crippen LogP contribution < -0.4 is 19.4 Å².